The van der Waals surface area contributed by atoms with Gasteiger partial charge in [0.15, 0.2) is 11.5 Å². The molecule has 178 valence electrons. The van der Waals surface area contributed by atoms with Gasteiger partial charge in [-0.3, -0.25) is 14.5 Å². The third-order valence-electron chi connectivity index (χ3n) is 5.18. The molecule has 3 aromatic rings. The van der Waals surface area contributed by atoms with Gasteiger partial charge < -0.3 is 14.6 Å². The SMILES string of the molecule is COc1cc(/C=C2/SC(=O)N(Cc3ccc(Cl)cc3)C2=O)ccc1OCc1cccc(C(=O)O)c1. The molecule has 1 heterocycles. The van der Waals surface area contributed by atoms with Crippen molar-refractivity contribution in [2.45, 2.75) is 13.2 Å². The molecule has 9 heteroatoms. The molecule has 1 fully saturated rings. The second-order valence-electron chi connectivity index (χ2n) is 7.60. The predicted molar refractivity (Wildman–Crippen MR) is 134 cm³/mol. The number of carbonyl (C=O) groups is 3. The second kappa shape index (κ2) is 10.7. The van der Waals surface area contributed by atoms with E-state index in [-0.39, 0.29) is 29.9 Å². The molecule has 1 aliphatic heterocycles. The predicted octanol–water partition coefficient (Wildman–Crippen LogP) is 5.86. The highest BCUT2D eigenvalue weighted by molar-refractivity contribution is 8.18. The first-order valence-corrected chi connectivity index (χ1v) is 11.7. The molecule has 0 unspecified atom stereocenters. The van der Waals surface area contributed by atoms with Crippen LogP contribution in [0.3, 0.4) is 0 Å². The summed E-state index contributed by atoms with van der Waals surface area (Å²) in [6.45, 7) is 0.318. The first kappa shape index (κ1) is 24.4. The number of imide groups is 1. The highest BCUT2D eigenvalue weighted by atomic mass is 35.5. The number of methoxy groups -OCH3 is 1. The first-order chi connectivity index (χ1) is 16.8. The van der Waals surface area contributed by atoms with Crippen LogP contribution in [-0.4, -0.2) is 34.2 Å². The monoisotopic (exact) mass is 509 g/mol. The average Bonchev–Trinajstić information content (AvgIpc) is 3.11. The van der Waals surface area contributed by atoms with Gasteiger partial charge >= 0.3 is 5.97 Å². The minimum Gasteiger partial charge on any atom is -0.493 e. The molecule has 0 bridgehead atoms. The fraction of sp³-hybridized carbons (Fsp3) is 0.115. The van der Waals surface area contributed by atoms with E-state index >= 15 is 0 Å². The fourth-order valence-electron chi connectivity index (χ4n) is 3.41. The number of carboxylic acid groups (broad SMARTS) is 1. The molecule has 0 atom stereocenters. The zero-order chi connectivity index (χ0) is 24.9. The van der Waals surface area contributed by atoms with Crippen LogP contribution in [0.5, 0.6) is 11.5 Å². The van der Waals surface area contributed by atoms with Gasteiger partial charge in [-0.1, -0.05) is 41.9 Å². The van der Waals surface area contributed by atoms with Crippen LogP contribution in [0.25, 0.3) is 6.08 Å². The number of carboxylic acids is 1. The van der Waals surface area contributed by atoms with E-state index in [0.29, 0.717) is 32.6 Å². The van der Waals surface area contributed by atoms with Gasteiger partial charge in [0.05, 0.1) is 24.1 Å². The Hall–Kier alpha value is -3.75. The third-order valence-corrected chi connectivity index (χ3v) is 6.34. The minimum atomic E-state index is -1.01. The van der Waals surface area contributed by atoms with Crippen LogP contribution in [0.1, 0.15) is 27.0 Å². The number of amides is 2. The lowest BCUT2D eigenvalue weighted by molar-refractivity contribution is -0.123. The van der Waals surface area contributed by atoms with Crippen molar-refractivity contribution in [2.75, 3.05) is 7.11 Å². The molecular formula is C26H20ClNO6S. The molecule has 0 aliphatic carbocycles. The minimum absolute atomic E-state index is 0.153. The summed E-state index contributed by atoms with van der Waals surface area (Å²) in [5, 5.41) is 9.38. The lowest BCUT2D eigenvalue weighted by Crippen LogP contribution is -2.27. The normalized spacial score (nSPS) is 14.5. The summed E-state index contributed by atoms with van der Waals surface area (Å²) in [6, 6.07) is 18.6. The smallest absolute Gasteiger partial charge is 0.335 e. The van der Waals surface area contributed by atoms with E-state index in [4.69, 9.17) is 26.2 Å². The van der Waals surface area contributed by atoms with Crippen molar-refractivity contribution < 1.29 is 29.0 Å². The van der Waals surface area contributed by atoms with E-state index in [2.05, 4.69) is 0 Å². The quantitative estimate of drug-likeness (QED) is 0.380. The number of aromatic carboxylic acids is 1. The Balaban J connectivity index is 1.47. The van der Waals surface area contributed by atoms with Gasteiger partial charge in [-0.2, -0.15) is 0 Å². The van der Waals surface area contributed by atoms with Gasteiger partial charge in [0.25, 0.3) is 11.1 Å². The molecule has 0 aromatic heterocycles. The Kier molecular flexibility index (Phi) is 7.43. The molecule has 0 saturated carbocycles. The molecule has 1 aliphatic rings. The Morgan fingerprint density at radius 3 is 2.51 bits per heavy atom. The summed E-state index contributed by atoms with van der Waals surface area (Å²) in [4.78, 5) is 37.9. The molecule has 0 radical (unpaired) electrons. The summed E-state index contributed by atoms with van der Waals surface area (Å²) in [5.41, 5.74) is 2.35. The topological polar surface area (TPSA) is 93.1 Å². The van der Waals surface area contributed by atoms with Gasteiger partial charge in [0, 0.05) is 5.02 Å². The zero-order valence-corrected chi connectivity index (χ0v) is 20.1. The summed E-state index contributed by atoms with van der Waals surface area (Å²) in [6.07, 6.45) is 1.63. The van der Waals surface area contributed by atoms with Crippen LogP contribution >= 0.6 is 23.4 Å². The molecule has 1 N–H and O–H groups in total. The van der Waals surface area contributed by atoms with Crippen LogP contribution in [0.15, 0.2) is 71.6 Å². The van der Waals surface area contributed by atoms with Crippen molar-refractivity contribution in [3.63, 3.8) is 0 Å². The standard InChI is InChI=1S/C26H20ClNO6S/c1-33-22-12-17(7-10-21(22)34-15-18-3-2-4-19(11-18)25(30)31)13-23-24(29)28(26(32)35-23)14-16-5-8-20(27)9-6-16/h2-13H,14-15H2,1H3,(H,30,31)/b23-13+. The molecule has 2 amide bonds. The number of thioether (sulfide) groups is 1. The van der Waals surface area contributed by atoms with Crippen molar-refractivity contribution in [3.05, 3.63) is 98.9 Å². The summed E-state index contributed by atoms with van der Waals surface area (Å²) >= 11 is 6.78. The second-order valence-corrected chi connectivity index (χ2v) is 9.03. The molecule has 3 aromatic carbocycles. The molecule has 35 heavy (non-hydrogen) atoms. The fourth-order valence-corrected chi connectivity index (χ4v) is 4.37. The maximum Gasteiger partial charge on any atom is 0.335 e. The Morgan fingerprint density at radius 2 is 1.80 bits per heavy atom. The summed E-state index contributed by atoms with van der Waals surface area (Å²) in [7, 11) is 1.50. The number of ether oxygens (including phenoxy) is 2. The van der Waals surface area contributed by atoms with Crippen LogP contribution in [0.4, 0.5) is 4.79 Å². The van der Waals surface area contributed by atoms with Crippen molar-refractivity contribution in [1.82, 2.24) is 4.90 Å². The molecule has 4 rings (SSSR count). The lowest BCUT2D eigenvalue weighted by atomic mass is 10.1. The van der Waals surface area contributed by atoms with Crippen LogP contribution in [0, 0.1) is 0 Å². The van der Waals surface area contributed by atoms with Crippen LogP contribution in [-0.2, 0) is 17.9 Å². The van der Waals surface area contributed by atoms with E-state index in [0.717, 1.165) is 17.3 Å². The number of rotatable bonds is 8. The third kappa shape index (κ3) is 5.85. The van der Waals surface area contributed by atoms with E-state index in [1.807, 2.05) is 0 Å². The number of hydrogen-bond acceptors (Lipinski definition) is 6. The van der Waals surface area contributed by atoms with Crippen molar-refractivity contribution in [1.29, 1.82) is 0 Å². The Morgan fingerprint density at radius 1 is 1.03 bits per heavy atom. The summed E-state index contributed by atoms with van der Waals surface area (Å²) in [5.74, 6) is -0.478. The number of benzene rings is 3. The zero-order valence-electron chi connectivity index (χ0n) is 18.6. The van der Waals surface area contributed by atoms with Crippen LogP contribution in [0.2, 0.25) is 5.02 Å². The Labute approximate surface area is 210 Å². The maximum atomic E-state index is 12.8. The molecule has 0 spiro atoms. The van der Waals surface area contributed by atoms with Gasteiger partial charge in [-0.15, -0.1) is 0 Å². The summed E-state index contributed by atoms with van der Waals surface area (Å²) < 4.78 is 11.3. The molecule has 7 nitrogen and oxygen atoms in total. The van der Waals surface area contributed by atoms with Crippen LogP contribution < -0.4 is 9.47 Å². The van der Waals surface area contributed by atoms with E-state index in [9.17, 15) is 14.4 Å². The number of nitrogens with zero attached hydrogens (tertiary/aromatic N) is 1. The van der Waals surface area contributed by atoms with Gasteiger partial charge in [-0.25, -0.2) is 4.79 Å². The van der Waals surface area contributed by atoms with Gasteiger partial charge in [-0.05, 0) is 70.9 Å². The lowest BCUT2D eigenvalue weighted by Gasteiger charge is -2.13. The highest BCUT2D eigenvalue weighted by Crippen LogP contribution is 2.35. The number of hydrogen-bond donors (Lipinski definition) is 1. The van der Waals surface area contributed by atoms with Crippen molar-refractivity contribution in [3.8, 4) is 11.5 Å². The van der Waals surface area contributed by atoms with E-state index in [1.165, 1.54) is 18.1 Å². The van der Waals surface area contributed by atoms with Gasteiger partial charge in [0.1, 0.15) is 6.61 Å². The first-order valence-electron chi connectivity index (χ1n) is 10.5. The van der Waals surface area contributed by atoms with Crippen molar-refractivity contribution >= 4 is 46.6 Å². The Bertz CT molecular complexity index is 1320. The highest BCUT2D eigenvalue weighted by Gasteiger charge is 2.35. The number of carbonyl (C=O) groups excluding carboxylic acids is 2. The molecular weight excluding hydrogens is 490 g/mol. The van der Waals surface area contributed by atoms with E-state index < -0.39 is 5.97 Å². The molecule has 1 saturated heterocycles. The maximum absolute atomic E-state index is 12.8. The van der Waals surface area contributed by atoms with Gasteiger partial charge in [0.2, 0.25) is 0 Å². The average molecular weight is 510 g/mol. The van der Waals surface area contributed by atoms with E-state index in [1.54, 1.807) is 66.7 Å². The largest absolute Gasteiger partial charge is 0.493 e. The number of halogens is 1. The van der Waals surface area contributed by atoms with Crippen molar-refractivity contribution in [2.24, 2.45) is 0 Å².